The van der Waals surface area contributed by atoms with Crippen LogP contribution in [0, 0.1) is 17.3 Å². The third kappa shape index (κ3) is 6.42. The number of hydrogen-bond donors (Lipinski definition) is 2. The SMILES string of the molecule is CC(=Cc1csc(C2CO2)n1)[C@@H]1C[C@@H]2O[C@@H]2CCC[C@H](C)[C@H](O)[C@@H](C)C(=O)C(C)(C)[C@@H](O)CC(=O)O1. The first kappa shape index (κ1) is 27.4. The van der Waals surface area contributed by atoms with Crippen molar-refractivity contribution in [1.82, 2.24) is 4.98 Å². The number of esters is 1. The van der Waals surface area contributed by atoms with Crippen molar-refractivity contribution >= 4 is 29.2 Å². The first-order valence-electron chi connectivity index (χ1n) is 13.0. The lowest BCUT2D eigenvalue weighted by Crippen LogP contribution is -2.45. The summed E-state index contributed by atoms with van der Waals surface area (Å²) in [5.74, 6) is -1.54. The van der Waals surface area contributed by atoms with Crippen LogP contribution in [0.5, 0.6) is 0 Å². The molecule has 4 heterocycles. The zero-order valence-corrected chi connectivity index (χ0v) is 22.6. The lowest BCUT2D eigenvalue weighted by atomic mass is 9.73. The fraction of sp³-hybridized carbons (Fsp3) is 0.741. The second-order valence-electron chi connectivity index (χ2n) is 11.2. The summed E-state index contributed by atoms with van der Waals surface area (Å²) in [5.41, 5.74) is 0.443. The fourth-order valence-electron chi connectivity index (χ4n) is 5.04. The number of nitrogens with zero attached hydrogens (tertiary/aromatic N) is 1. The van der Waals surface area contributed by atoms with E-state index < -0.39 is 35.6 Å². The third-order valence-electron chi connectivity index (χ3n) is 7.92. The summed E-state index contributed by atoms with van der Waals surface area (Å²) < 4.78 is 17.1. The van der Waals surface area contributed by atoms with Crippen LogP contribution >= 0.6 is 11.3 Å². The Bertz CT molecular complexity index is 985. The number of cyclic esters (lactones) is 1. The van der Waals surface area contributed by atoms with Crippen molar-refractivity contribution in [2.24, 2.45) is 17.3 Å². The number of ketones is 1. The van der Waals surface area contributed by atoms with Crippen molar-refractivity contribution in [3.05, 3.63) is 21.7 Å². The summed E-state index contributed by atoms with van der Waals surface area (Å²) in [4.78, 5) is 30.7. The van der Waals surface area contributed by atoms with Crippen molar-refractivity contribution in [3.63, 3.8) is 0 Å². The summed E-state index contributed by atoms with van der Waals surface area (Å²) >= 11 is 1.55. The Balaban J connectivity index is 1.52. The maximum Gasteiger partial charge on any atom is 0.309 e. The molecule has 36 heavy (non-hydrogen) atoms. The lowest BCUT2D eigenvalue weighted by Gasteiger charge is -2.34. The van der Waals surface area contributed by atoms with Crippen LogP contribution in [0.4, 0.5) is 0 Å². The van der Waals surface area contributed by atoms with Crippen molar-refractivity contribution in [3.8, 4) is 0 Å². The van der Waals surface area contributed by atoms with E-state index in [0.717, 1.165) is 35.5 Å². The van der Waals surface area contributed by atoms with E-state index in [4.69, 9.17) is 14.2 Å². The van der Waals surface area contributed by atoms with Crippen LogP contribution in [0.25, 0.3) is 6.08 Å². The van der Waals surface area contributed by atoms with Gasteiger partial charge in [-0.3, -0.25) is 9.59 Å². The van der Waals surface area contributed by atoms with Crippen molar-refractivity contribution < 1.29 is 34.0 Å². The second kappa shape index (κ2) is 11.0. The monoisotopic (exact) mass is 521 g/mol. The first-order valence-corrected chi connectivity index (χ1v) is 13.9. The number of thiazole rings is 1. The maximum absolute atomic E-state index is 13.2. The molecule has 1 aromatic rings. The maximum atomic E-state index is 13.2. The Morgan fingerprint density at radius 3 is 2.61 bits per heavy atom. The van der Waals surface area contributed by atoms with Gasteiger partial charge in [-0.25, -0.2) is 4.98 Å². The molecule has 0 amide bonds. The molecular formula is C27H39NO7S. The highest BCUT2D eigenvalue weighted by Crippen LogP contribution is 2.37. The summed E-state index contributed by atoms with van der Waals surface area (Å²) in [5, 5.41) is 24.6. The van der Waals surface area contributed by atoms with Gasteiger partial charge in [0, 0.05) is 17.7 Å². The van der Waals surface area contributed by atoms with Gasteiger partial charge in [-0.1, -0.05) is 34.1 Å². The average Bonchev–Trinajstić information content (AvgIpc) is 3.75. The van der Waals surface area contributed by atoms with Gasteiger partial charge in [0.2, 0.25) is 0 Å². The minimum atomic E-state index is -1.23. The number of epoxide rings is 2. The van der Waals surface area contributed by atoms with E-state index in [9.17, 15) is 19.8 Å². The summed E-state index contributed by atoms with van der Waals surface area (Å²) in [6.45, 7) is 9.51. The van der Waals surface area contributed by atoms with Crippen LogP contribution in [0.1, 0.15) is 83.5 Å². The average molecular weight is 522 g/mol. The molecule has 9 heteroatoms. The molecule has 8 atom stereocenters. The van der Waals surface area contributed by atoms with Gasteiger partial charge in [0.15, 0.2) is 0 Å². The molecule has 3 saturated heterocycles. The molecule has 0 radical (unpaired) electrons. The quantitative estimate of drug-likeness (QED) is 0.454. The fourth-order valence-corrected chi connectivity index (χ4v) is 5.85. The molecule has 3 fully saturated rings. The van der Waals surface area contributed by atoms with Gasteiger partial charge in [-0.15, -0.1) is 11.3 Å². The van der Waals surface area contributed by atoms with Crippen LogP contribution in [0.2, 0.25) is 0 Å². The summed E-state index contributed by atoms with van der Waals surface area (Å²) in [7, 11) is 0. The summed E-state index contributed by atoms with van der Waals surface area (Å²) in [6.07, 6.45) is 2.26. The topological polar surface area (TPSA) is 122 Å². The first-order chi connectivity index (χ1) is 17.0. The van der Waals surface area contributed by atoms with Gasteiger partial charge >= 0.3 is 5.97 Å². The molecule has 200 valence electrons. The molecule has 0 spiro atoms. The van der Waals surface area contributed by atoms with Crippen LogP contribution < -0.4 is 0 Å². The number of aliphatic hydroxyl groups is 2. The standard InChI is InChI=1S/C27H39NO7S/c1-14-7-6-8-18-20(34-18)10-19(15(2)9-17-13-36-26(28-17)21-12-33-21)35-23(30)11-22(29)27(4,5)25(32)16(3)24(14)31/h9,13-14,16,18-22,24,29,31H,6-8,10-12H2,1-5H3/t14-,16+,18+,19-,20-,21?,22-,24-/m0/s1. The number of fused-ring (bicyclic) bond motifs is 1. The Labute approximate surface area is 217 Å². The highest BCUT2D eigenvalue weighted by Gasteiger charge is 2.44. The predicted molar refractivity (Wildman–Crippen MR) is 135 cm³/mol. The highest BCUT2D eigenvalue weighted by atomic mass is 32.1. The van der Waals surface area contributed by atoms with Crippen molar-refractivity contribution in [2.75, 3.05) is 6.61 Å². The van der Waals surface area contributed by atoms with E-state index in [1.807, 2.05) is 25.3 Å². The highest BCUT2D eigenvalue weighted by molar-refractivity contribution is 7.09. The van der Waals surface area contributed by atoms with E-state index in [-0.39, 0.29) is 36.4 Å². The molecule has 2 N–H and O–H groups in total. The van der Waals surface area contributed by atoms with Gasteiger partial charge in [0.1, 0.15) is 23.0 Å². The van der Waals surface area contributed by atoms with Crippen LogP contribution in [-0.4, -0.2) is 64.1 Å². The predicted octanol–water partition coefficient (Wildman–Crippen LogP) is 3.85. The number of aliphatic hydroxyl groups excluding tert-OH is 2. The van der Waals surface area contributed by atoms with Crippen LogP contribution in [0.15, 0.2) is 11.0 Å². The number of hydrogen-bond acceptors (Lipinski definition) is 9. The van der Waals surface area contributed by atoms with Gasteiger partial charge in [0.25, 0.3) is 0 Å². The molecule has 4 rings (SSSR count). The minimum absolute atomic E-state index is 0.00740. The third-order valence-corrected chi connectivity index (χ3v) is 8.88. The lowest BCUT2D eigenvalue weighted by molar-refractivity contribution is -0.154. The summed E-state index contributed by atoms with van der Waals surface area (Å²) in [6, 6.07) is 0. The van der Waals surface area contributed by atoms with Crippen molar-refractivity contribution in [2.45, 2.75) is 103 Å². The molecule has 3 aliphatic rings. The number of ether oxygens (including phenoxy) is 3. The molecule has 1 unspecified atom stereocenters. The molecule has 3 aliphatic heterocycles. The zero-order chi connectivity index (χ0) is 26.2. The van der Waals surface area contributed by atoms with Gasteiger partial charge in [-0.05, 0) is 37.3 Å². The molecule has 0 saturated carbocycles. The van der Waals surface area contributed by atoms with E-state index in [1.165, 1.54) is 0 Å². The van der Waals surface area contributed by atoms with E-state index in [0.29, 0.717) is 13.0 Å². The smallest absolute Gasteiger partial charge is 0.309 e. The molecule has 0 aromatic carbocycles. The van der Waals surface area contributed by atoms with Crippen LogP contribution in [-0.2, 0) is 23.8 Å². The number of aromatic nitrogens is 1. The Hall–Kier alpha value is -1.65. The van der Waals surface area contributed by atoms with E-state index in [2.05, 4.69) is 4.98 Å². The Morgan fingerprint density at radius 2 is 1.92 bits per heavy atom. The largest absolute Gasteiger partial charge is 0.458 e. The number of Topliss-reactive ketones (excluding diaryl/α,β-unsaturated/α-hetero) is 1. The van der Waals surface area contributed by atoms with Gasteiger partial charge in [-0.2, -0.15) is 0 Å². The Kier molecular flexibility index (Phi) is 8.36. The van der Waals surface area contributed by atoms with Crippen molar-refractivity contribution in [1.29, 1.82) is 0 Å². The minimum Gasteiger partial charge on any atom is -0.458 e. The molecule has 0 bridgehead atoms. The molecule has 1 aromatic heterocycles. The second-order valence-corrected chi connectivity index (χ2v) is 12.1. The zero-order valence-electron chi connectivity index (χ0n) is 21.8. The molecule has 0 aliphatic carbocycles. The van der Waals surface area contributed by atoms with Gasteiger partial charge < -0.3 is 24.4 Å². The molecule has 8 nitrogen and oxygen atoms in total. The normalized spacial score (nSPS) is 38.2. The van der Waals surface area contributed by atoms with E-state index >= 15 is 0 Å². The van der Waals surface area contributed by atoms with Crippen LogP contribution in [0.3, 0.4) is 0 Å². The number of carbonyl (C=O) groups excluding carboxylic acids is 2. The van der Waals surface area contributed by atoms with E-state index in [1.54, 1.807) is 32.1 Å². The Morgan fingerprint density at radius 1 is 1.19 bits per heavy atom. The number of rotatable bonds is 3. The molecular weight excluding hydrogens is 482 g/mol. The van der Waals surface area contributed by atoms with Gasteiger partial charge in [0.05, 0.1) is 48.6 Å². The number of carbonyl (C=O) groups is 2.